The fraction of sp³-hybridized carbons (Fsp3) is 0.333. The van der Waals surface area contributed by atoms with Crippen LogP contribution >= 0.6 is 11.6 Å². The molecule has 172 valence electrons. The Hall–Kier alpha value is -2.89. The third-order valence-electron chi connectivity index (χ3n) is 6.23. The molecule has 0 radical (unpaired) electrons. The van der Waals surface area contributed by atoms with Crippen LogP contribution in [0.3, 0.4) is 0 Å². The highest BCUT2D eigenvalue weighted by Gasteiger charge is 2.17. The summed E-state index contributed by atoms with van der Waals surface area (Å²) in [6.07, 6.45) is 5.82. The number of anilines is 1. The molecule has 5 nitrogen and oxygen atoms in total. The van der Waals surface area contributed by atoms with Crippen molar-refractivity contribution < 1.29 is 4.74 Å². The van der Waals surface area contributed by atoms with Gasteiger partial charge < -0.3 is 15.0 Å². The van der Waals surface area contributed by atoms with Crippen molar-refractivity contribution in [1.29, 1.82) is 0 Å². The number of pyridine rings is 2. The second kappa shape index (κ2) is 10.8. The predicted molar refractivity (Wildman–Crippen MR) is 138 cm³/mol. The highest BCUT2D eigenvalue weighted by molar-refractivity contribution is 6.31. The van der Waals surface area contributed by atoms with Crippen LogP contribution in [0.25, 0.3) is 21.8 Å². The van der Waals surface area contributed by atoms with Crippen LogP contribution in [0.15, 0.2) is 60.9 Å². The SMILES string of the molecule is CCN(CC)CCC[C@H](Nc1c2ccc(Cl)cc2nc2ccc(OC)cc12)c1ccncc1. The summed E-state index contributed by atoms with van der Waals surface area (Å²) in [6.45, 7) is 7.66. The van der Waals surface area contributed by atoms with E-state index >= 15 is 0 Å². The van der Waals surface area contributed by atoms with Crippen LogP contribution in [-0.4, -0.2) is 41.6 Å². The summed E-state index contributed by atoms with van der Waals surface area (Å²) in [6, 6.07) is 16.2. The fourth-order valence-electron chi connectivity index (χ4n) is 4.33. The molecular weight excluding hydrogens is 432 g/mol. The van der Waals surface area contributed by atoms with E-state index in [9.17, 15) is 0 Å². The molecule has 1 atom stereocenters. The number of rotatable bonds is 10. The van der Waals surface area contributed by atoms with E-state index in [1.165, 1.54) is 5.56 Å². The number of halogens is 1. The Kier molecular flexibility index (Phi) is 7.63. The average molecular weight is 463 g/mol. The van der Waals surface area contributed by atoms with Gasteiger partial charge in [-0.3, -0.25) is 4.98 Å². The third kappa shape index (κ3) is 5.37. The quantitative estimate of drug-likeness (QED) is 0.265. The van der Waals surface area contributed by atoms with E-state index in [2.05, 4.69) is 47.2 Å². The largest absolute Gasteiger partial charge is 0.497 e. The third-order valence-corrected chi connectivity index (χ3v) is 6.47. The lowest BCUT2D eigenvalue weighted by molar-refractivity contribution is 0.294. The van der Waals surface area contributed by atoms with Gasteiger partial charge in [-0.05, 0) is 86.6 Å². The minimum Gasteiger partial charge on any atom is -0.497 e. The number of nitrogens with zero attached hydrogens (tertiary/aromatic N) is 3. The number of hydrogen-bond acceptors (Lipinski definition) is 5. The maximum absolute atomic E-state index is 6.31. The molecule has 0 unspecified atom stereocenters. The first-order valence-electron chi connectivity index (χ1n) is 11.6. The number of fused-ring (bicyclic) bond motifs is 2. The zero-order valence-electron chi connectivity index (χ0n) is 19.5. The lowest BCUT2D eigenvalue weighted by Gasteiger charge is -2.24. The van der Waals surface area contributed by atoms with Gasteiger partial charge in [0.2, 0.25) is 0 Å². The maximum atomic E-state index is 6.31. The molecule has 33 heavy (non-hydrogen) atoms. The standard InChI is InChI=1S/C27H31ClN4O/c1-4-32(5-2)16-6-7-24(19-12-14-29-15-13-19)31-27-22-10-8-20(28)17-26(22)30-25-11-9-21(33-3)18-23(25)27/h8-15,17-18,24H,4-7,16H2,1-3H3,(H,30,31)/t24-/m0/s1. The Bertz CT molecular complexity index is 1210. The van der Waals surface area contributed by atoms with Gasteiger partial charge in [-0.1, -0.05) is 25.4 Å². The number of aromatic nitrogens is 2. The molecule has 2 aromatic heterocycles. The van der Waals surface area contributed by atoms with Crippen molar-refractivity contribution in [3.05, 3.63) is 71.5 Å². The lowest BCUT2D eigenvalue weighted by atomic mass is 10.0. The molecule has 0 aliphatic heterocycles. The molecule has 0 aliphatic carbocycles. The minimum atomic E-state index is 0.138. The maximum Gasteiger partial charge on any atom is 0.119 e. The molecule has 4 rings (SSSR count). The van der Waals surface area contributed by atoms with E-state index < -0.39 is 0 Å². The van der Waals surface area contributed by atoms with E-state index in [0.717, 1.165) is 65.7 Å². The van der Waals surface area contributed by atoms with Crippen molar-refractivity contribution >= 4 is 39.1 Å². The molecule has 2 aromatic carbocycles. The van der Waals surface area contributed by atoms with Crippen molar-refractivity contribution in [3.63, 3.8) is 0 Å². The molecular formula is C27H31ClN4O. The van der Waals surface area contributed by atoms with Crippen molar-refractivity contribution in [2.24, 2.45) is 0 Å². The lowest BCUT2D eigenvalue weighted by Crippen LogP contribution is -2.25. The topological polar surface area (TPSA) is 50.3 Å². The van der Waals surface area contributed by atoms with Crippen molar-refractivity contribution in [2.45, 2.75) is 32.7 Å². The first kappa shape index (κ1) is 23.3. The number of nitrogens with one attached hydrogen (secondary N) is 1. The number of methoxy groups -OCH3 is 1. The van der Waals surface area contributed by atoms with Crippen LogP contribution in [0, 0.1) is 0 Å². The normalized spacial score (nSPS) is 12.4. The Morgan fingerprint density at radius 2 is 1.76 bits per heavy atom. The first-order chi connectivity index (χ1) is 16.1. The summed E-state index contributed by atoms with van der Waals surface area (Å²) in [4.78, 5) is 11.6. The molecule has 0 fully saturated rings. The molecule has 4 aromatic rings. The van der Waals surface area contributed by atoms with Crippen LogP contribution in [0.2, 0.25) is 5.02 Å². The molecule has 1 N–H and O–H groups in total. The molecule has 0 amide bonds. The van der Waals surface area contributed by atoms with E-state index in [1.54, 1.807) is 7.11 Å². The molecule has 0 bridgehead atoms. The Morgan fingerprint density at radius 3 is 2.48 bits per heavy atom. The van der Waals surface area contributed by atoms with E-state index in [4.69, 9.17) is 21.3 Å². The number of ether oxygens (including phenoxy) is 1. The van der Waals surface area contributed by atoms with Gasteiger partial charge in [-0.25, -0.2) is 4.98 Å². The summed E-state index contributed by atoms with van der Waals surface area (Å²) < 4.78 is 5.52. The fourth-order valence-corrected chi connectivity index (χ4v) is 4.50. The van der Waals surface area contributed by atoms with Crippen molar-refractivity contribution in [3.8, 4) is 5.75 Å². The van der Waals surface area contributed by atoms with Crippen LogP contribution in [0.4, 0.5) is 5.69 Å². The number of hydrogen-bond donors (Lipinski definition) is 1. The average Bonchev–Trinajstić information content (AvgIpc) is 2.85. The van der Waals surface area contributed by atoms with Crippen LogP contribution in [0.1, 0.15) is 38.3 Å². The first-order valence-corrected chi connectivity index (χ1v) is 12.0. The van der Waals surface area contributed by atoms with Gasteiger partial charge in [-0.15, -0.1) is 0 Å². The summed E-state index contributed by atoms with van der Waals surface area (Å²) >= 11 is 6.31. The highest BCUT2D eigenvalue weighted by Crippen LogP contribution is 2.37. The van der Waals surface area contributed by atoms with Gasteiger partial charge in [0.05, 0.1) is 29.9 Å². The summed E-state index contributed by atoms with van der Waals surface area (Å²) in [5.41, 5.74) is 4.05. The van der Waals surface area contributed by atoms with Crippen LogP contribution in [-0.2, 0) is 0 Å². The van der Waals surface area contributed by atoms with E-state index in [-0.39, 0.29) is 6.04 Å². The van der Waals surface area contributed by atoms with Gasteiger partial charge in [0, 0.05) is 28.2 Å². The molecule has 0 spiro atoms. The molecule has 0 saturated carbocycles. The zero-order chi connectivity index (χ0) is 23.2. The minimum absolute atomic E-state index is 0.138. The van der Waals surface area contributed by atoms with Gasteiger partial charge in [-0.2, -0.15) is 0 Å². The van der Waals surface area contributed by atoms with E-state index in [0.29, 0.717) is 5.02 Å². The predicted octanol–water partition coefficient (Wildman–Crippen LogP) is 6.72. The Labute approximate surface area is 200 Å². The second-order valence-corrected chi connectivity index (χ2v) is 8.61. The molecule has 6 heteroatoms. The van der Waals surface area contributed by atoms with Crippen molar-refractivity contribution in [1.82, 2.24) is 14.9 Å². The van der Waals surface area contributed by atoms with Crippen LogP contribution in [0.5, 0.6) is 5.75 Å². The molecule has 0 saturated heterocycles. The number of benzene rings is 2. The smallest absolute Gasteiger partial charge is 0.119 e. The second-order valence-electron chi connectivity index (χ2n) is 8.18. The summed E-state index contributed by atoms with van der Waals surface area (Å²) in [7, 11) is 1.69. The van der Waals surface area contributed by atoms with Gasteiger partial charge in [0.1, 0.15) is 5.75 Å². The van der Waals surface area contributed by atoms with Gasteiger partial charge >= 0.3 is 0 Å². The monoisotopic (exact) mass is 462 g/mol. The van der Waals surface area contributed by atoms with Gasteiger partial charge in [0.15, 0.2) is 0 Å². The molecule has 2 heterocycles. The highest BCUT2D eigenvalue weighted by atomic mass is 35.5. The van der Waals surface area contributed by atoms with Crippen molar-refractivity contribution in [2.75, 3.05) is 32.1 Å². The Balaban J connectivity index is 1.77. The van der Waals surface area contributed by atoms with Crippen LogP contribution < -0.4 is 10.1 Å². The van der Waals surface area contributed by atoms with E-state index in [1.807, 2.05) is 42.7 Å². The molecule has 0 aliphatic rings. The summed E-state index contributed by atoms with van der Waals surface area (Å²) in [5, 5.41) is 6.63. The zero-order valence-corrected chi connectivity index (χ0v) is 20.3. The summed E-state index contributed by atoms with van der Waals surface area (Å²) in [5.74, 6) is 0.808. The van der Waals surface area contributed by atoms with Gasteiger partial charge in [0.25, 0.3) is 0 Å². The Morgan fingerprint density at radius 1 is 0.970 bits per heavy atom.